The molecule has 0 bridgehead atoms. The van der Waals surface area contributed by atoms with Crippen LogP contribution in [0.5, 0.6) is 0 Å². The average molecular weight is 253 g/mol. The Bertz CT molecular complexity index is 266. The van der Waals surface area contributed by atoms with Crippen LogP contribution < -0.4 is 5.32 Å². The molecule has 1 N–H and O–H groups in total. The van der Waals surface area contributed by atoms with Crippen LogP contribution in [-0.2, 0) is 6.42 Å². The van der Waals surface area contributed by atoms with E-state index in [0.29, 0.717) is 0 Å². The summed E-state index contributed by atoms with van der Waals surface area (Å²) < 4.78 is 0. The van der Waals surface area contributed by atoms with E-state index < -0.39 is 0 Å². The third-order valence-corrected chi connectivity index (χ3v) is 3.84. The van der Waals surface area contributed by atoms with Crippen LogP contribution >= 0.6 is 11.3 Å². The largest absolute Gasteiger partial charge is 0.316 e. The minimum Gasteiger partial charge on any atom is -0.316 e. The van der Waals surface area contributed by atoms with Gasteiger partial charge in [-0.2, -0.15) is 11.3 Å². The van der Waals surface area contributed by atoms with Crippen LogP contribution in [0.4, 0.5) is 0 Å². The maximum Gasteiger partial charge on any atom is -0.00203 e. The fourth-order valence-electron chi connectivity index (χ4n) is 2.14. The van der Waals surface area contributed by atoms with Gasteiger partial charge in [0.2, 0.25) is 0 Å². The van der Waals surface area contributed by atoms with Crippen LogP contribution in [0.1, 0.15) is 45.6 Å². The lowest BCUT2D eigenvalue weighted by Gasteiger charge is -2.17. The topological polar surface area (TPSA) is 12.0 Å². The Balaban J connectivity index is 2.22. The maximum atomic E-state index is 3.60. The summed E-state index contributed by atoms with van der Waals surface area (Å²) in [6.45, 7) is 9.18. The summed E-state index contributed by atoms with van der Waals surface area (Å²) in [5.41, 5.74) is 1.51. The summed E-state index contributed by atoms with van der Waals surface area (Å²) in [5.74, 6) is 1.60. The number of aryl methyl sites for hydroxylation is 1. The minimum absolute atomic E-state index is 0.758. The second kappa shape index (κ2) is 8.71. The van der Waals surface area contributed by atoms with E-state index in [9.17, 15) is 0 Å². The van der Waals surface area contributed by atoms with Gasteiger partial charge < -0.3 is 5.32 Å². The Labute approximate surface area is 111 Å². The third kappa shape index (κ3) is 6.85. The van der Waals surface area contributed by atoms with E-state index in [4.69, 9.17) is 0 Å². The van der Waals surface area contributed by atoms with Gasteiger partial charge in [-0.1, -0.05) is 27.2 Å². The Kier molecular flexibility index (Phi) is 7.54. The Morgan fingerprint density at radius 3 is 2.65 bits per heavy atom. The number of thiophene rings is 1. The smallest absolute Gasteiger partial charge is 0.00203 e. The van der Waals surface area contributed by atoms with E-state index in [1.165, 1.54) is 37.8 Å². The second-order valence-corrected chi connectivity index (χ2v) is 6.16. The molecule has 98 valence electrons. The molecule has 1 nitrogen and oxygen atoms in total. The summed E-state index contributed by atoms with van der Waals surface area (Å²) in [5, 5.41) is 8.07. The molecule has 2 heteroatoms. The van der Waals surface area contributed by atoms with E-state index in [1.54, 1.807) is 0 Å². The predicted octanol–water partition coefficient (Wildman–Crippen LogP) is 4.34. The molecule has 1 atom stereocenters. The molecule has 1 heterocycles. The molecule has 1 rings (SSSR count). The Morgan fingerprint density at radius 2 is 2.06 bits per heavy atom. The van der Waals surface area contributed by atoms with Gasteiger partial charge in [0.1, 0.15) is 0 Å². The van der Waals surface area contributed by atoms with E-state index in [0.717, 1.165) is 18.4 Å². The molecule has 0 radical (unpaired) electrons. The lowest BCUT2D eigenvalue weighted by atomic mass is 9.96. The highest BCUT2D eigenvalue weighted by Crippen LogP contribution is 2.16. The second-order valence-electron chi connectivity index (χ2n) is 5.38. The molecule has 0 saturated carbocycles. The van der Waals surface area contributed by atoms with E-state index in [-0.39, 0.29) is 0 Å². The van der Waals surface area contributed by atoms with Crippen molar-refractivity contribution in [1.29, 1.82) is 0 Å². The number of nitrogens with one attached hydrogen (secondary N) is 1. The number of hydrogen-bond acceptors (Lipinski definition) is 2. The lowest BCUT2D eigenvalue weighted by Crippen LogP contribution is -2.26. The molecule has 17 heavy (non-hydrogen) atoms. The highest BCUT2D eigenvalue weighted by molar-refractivity contribution is 7.07. The van der Waals surface area contributed by atoms with Crippen molar-refractivity contribution in [3.05, 3.63) is 22.4 Å². The molecule has 0 spiro atoms. The van der Waals surface area contributed by atoms with Crippen molar-refractivity contribution in [3.63, 3.8) is 0 Å². The van der Waals surface area contributed by atoms with E-state index >= 15 is 0 Å². The Morgan fingerprint density at radius 1 is 1.24 bits per heavy atom. The molecule has 0 aliphatic heterocycles. The molecular weight excluding hydrogens is 226 g/mol. The van der Waals surface area contributed by atoms with Crippen molar-refractivity contribution >= 4 is 11.3 Å². The maximum absolute atomic E-state index is 3.60. The molecule has 0 amide bonds. The van der Waals surface area contributed by atoms with Crippen LogP contribution in [0.25, 0.3) is 0 Å². The van der Waals surface area contributed by atoms with Crippen molar-refractivity contribution in [3.8, 4) is 0 Å². The van der Waals surface area contributed by atoms with Crippen molar-refractivity contribution in [2.24, 2.45) is 11.8 Å². The van der Waals surface area contributed by atoms with Gasteiger partial charge in [0.25, 0.3) is 0 Å². The summed E-state index contributed by atoms with van der Waals surface area (Å²) >= 11 is 1.81. The zero-order chi connectivity index (χ0) is 12.5. The van der Waals surface area contributed by atoms with Gasteiger partial charge in [0, 0.05) is 0 Å². The van der Waals surface area contributed by atoms with Gasteiger partial charge >= 0.3 is 0 Å². The molecule has 1 aromatic rings. The van der Waals surface area contributed by atoms with Crippen molar-refractivity contribution in [2.45, 2.75) is 46.5 Å². The monoisotopic (exact) mass is 253 g/mol. The van der Waals surface area contributed by atoms with Gasteiger partial charge in [-0.15, -0.1) is 0 Å². The standard InChI is InChI=1S/C15H27NS/c1-4-5-14(11-16-10-13(2)3)6-7-15-8-9-17-12-15/h8-9,12-14,16H,4-7,10-11H2,1-3H3. The first-order chi connectivity index (χ1) is 8.22. The first-order valence-corrected chi connectivity index (χ1v) is 7.88. The van der Waals surface area contributed by atoms with Gasteiger partial charge in [-0.25, -0.2) is 0 Å². The van der Waals surface area contributed by atoms with Crippen molar-refractivity contribution in [2.75, 3.05) is 13.1 Å². The fourth-order valence-corrected chi connectivity index (χ4v) is 2.84. The lowest BCUT2D eigenvalue weighted by molar-refractivity contribution is 0.401. The highest BCUT2D eigenvalue weighted by atomic mass is 32.1. The molecule has 0 aliphatic rings. The van der Waals surface area contributed by atoms with Crippen LogP contribution in [0.2, 0.25) is 0 Å². The molecule has 1 aromatic heterocycles. The van der Waals surface area contributed by atoms with Crippen molar-refractivity contribution < 1.29 is 0 Å². The minimum atomic E-state index is 0.758. The average Bonchev–Trinajstić information content (AvgIpc) is 2.78. The van der Waals surface area contributed by atoms with E-state index in [1.807, 2.05) is 11.3 Å². The predicted molar refractivity (Wildman–Crippen MR) is 78.7 cm³/mol. The molecule has 0 aromatic carbocycles. The fraction of sp³-hybridized carbons (Fsp3) is 0.733. The van der Waals surface area contributed by atoms with Crippen LogP contribution in [0.3, 0.4) is 0 Å². The summed E-state index contributed by atoms with van der Waals surface area (Å²) in [7, 11) is 0. The molecule has 0 fully saturated rings. The zero-order valence-corrected chi connectivity index (χ0v) is 12.4. The van der Waals surface area contributed by atoms with Gasteiger partial charge in [-0.3, -0.25) is 0 Å². The van der Waals surface area contributed by atoms with Crippen LogP contribution in [-0.4, -0.2) is 13.1 Å². The van der Waals surface area contributed by atoms with Crippen molar-refractivity contribution in [1.82, 2.24) is 5.32 Å². The zero-order valence-electron chi connectivity index (χ0n) is 11.5. The summed E-state index contributed by atoms with van der Waals surface area (Å²) in [6, 6.07) is 2.26. The van der Waals surface area contributed by atoms with E-state index in [2.05, 4.69) is 42.9 Å². The molecule has 0 aliphatic carbocycles. The normalized spacial score (nSPS) is 13.2. The van der Waals surface area contributed by atoms with Gasteiger partial charge in [0.15, 0.2) is 0 Å². The third-order valence-electron chi connectivity index (χ3n) is 3.10. The first kappa shape index (κ1) is 14.7. The van der Waals surface area contributed by atoms with Crippen LogP contribution in [0, 0.1) is 11.8 Å². The summed E-state index contributed by atoms with van der Waals surface area (Å²) in [6.07, 6.45) is 5.24. The summed E-state index contributed by atoms with van der Waals surface area (Å²) in [4.78, 5) is 0. The Hall–Kier alpha value is -0.340. The van der Waals surface area contributed by atoms with Crippen LogP contribution in [0.15, 0.2) is 16.8 Å². The molecule has 1 unspecified atom stereocenters. The van der Waals surface area contributed by atoms with Gasteiger partial charge in [0.05, 0.1) is 0 Å². The highest BCUT2D eigenvalue weighted by Gasteiger charge is 2.08. The SMILES string of the molecule is CCCC(CCc1ccsc1)CNCC(C)C. The number of hydrogen-bond donors (Lipinski definition) is 1. The number of rotatable bonds is 9. The molecular formula is C15H27NS. The quantitative estimate of drug-likeness (QED) is 0.690. The molecule has 0 saturated heterocycles. The van der Waals surface area contributed by atoms with Gasteiger partial charge in [-0.05, 0) is 66.6 Å². The first-order valence-electron chi connectivity index (χ1n) is 6.94.